The van der Waals surface area contributed by atoms with Crippen LogP contribution in [0.15, 0.2) is 30.7 Å². The van der Waals surface area contributed by atoms with Crippen LogP contribution in [0, 0.1) is 0 Å². The lowest BCUT2D eigenvalue weighted by atomic mass is 10.4. The highest BCUT2D eigenvalue weighted by molar-refractivity contribution is 5.84. The van der Waals surface area contributed by atoms with E-state index in [1.165, 1.54) is 12.4 Å². The minimum atomic E-state index is -1.10. The Kier molecular flexibility index (Phi) is 3.20. The topological polar surface area (TPSA) is 101 Å². The molecule has 7 heteroatoms. The van der Waals surface area contributed by atoms with Gasteiger partial charge in [0.2, 0.25) is 0 Å². The predicted octanol–water partition coefficient (Wildman–Crippen LogP) is 0.577. The Morgan fingerprint density at radius 2 is 2.24 bits per heavy atom. The molecule has 0 aromatic carbocycles. The maximum Gasteiger partial charge on any atom is 0.356 e. The lowest BCUT2D eigenvalue weighted by Crippen LogP contribution is -2.06. The monoisotopic (exact) mass is 231 g/mol. The molecule has 0 saturated carbocycles. The Bertz CT molecular complexity index is 500. The number of carboxylic acid groups (broad SMARTS) is 1. The standard InChI is InChI=1S/C10H9N5O2/c16-10(17)8-5-13-9(6-11-8)12-4-7-2-1-3-14-15-7/h1-3,5-6H,4H2,(H,12,13)(H,16,17). The van der Waals surface area contributed by atoms with Crippen LogP contribution in [-0.2, 0) is 6.54 Å². The first-order chi connectivity index (χ1) is 8.25. The second-order valence-electron chi connectivity index (χ2n) is 3.16. The van der Waals surface area contributed by atoms with Gasteiger partial charge < -0.3 is 10.4 Å². The molecule has 0 aliphatic heterocycles. The summed E-state index contributed by atoms with van der Waals surface area (Å²) in [5.41, 5.74) is 0.673. The zero-order valence-corrected chi connectivity index (χ0v) is 8.74. The molecule has 7 nitrogen and oxygen atoms in total. The summed E-state index contributed by atoms with van der Waals surface area (Å²) in [6.07, 6.45) is 4.14. The summed E-state index contributed by atoms with van der Waals surface area (Å²) in [5, 5.41) is 19.2. The van der Waals surface area contributed by atoms with Gasteiger partial charge in [-0.05, 0) is 12.1 Å². The van der Waals surface area contributed by atoms with Gasteiger partial charge in [-0.2, -0.15) is 10.2 Å². The van der Waals surface area contributed by atoms with Crippen molar-refractivity contribution in [3.63, 3.8) is 0 Å². The van der Waals surface area contributed by atoms with Gasteiger partial charge in [0.15, 0.2) is 5.69 Å². The molecule has 17 heavy (non-hydrogen) atoms. The maximum atomic E-state index is 10.6. The lowest BCUT2D eigenvalue weighted by Gasteiger charge is -2.03. The van der Waals surface area contributed by atoms with Crippen molar-refractivity contribution in [1.82, 2.24) is 20.2 Å². The summed E-state index contributed by atoms with van der Waals surface area (Å²) in [6.45, 7) is 0.453. The van der Waals surface area contributed by atoms with Crippen molar-refractivity contribution in [2.24, 2.45) is 0 Å². The lowest BCUT2D eigenvalue weighted by molar-refractivity contribution is 0.0690. The zero-order chi connectivity index (χ0) is 12.1. The van der Waals surface area contributed by atoms with Crippen LogP contribution < -0.4 is 5.32 Å². The number of aromatic carboxylic acids is 1. The Labute approximate surface area is 96.6 Å². The largest absolute Gasteiger partial charge is 0.476 e. The zero-order valence-electron chi connectivity index (χ0n) is 8.74. The third-order valence-corrected chi connectivity index (χ3v) is 1.95. The minimum absolute atomic E-state index is 0.0879. The van der Waals surface area contributed by atoms with Crippen LogP contribution in [0.4, 0.5) is 5.82 Å². The Hall–Kier alpha value is -2.57. The van der Waals surface area contributed by atoms with Gasteiger partial charge in [0.25, 0.3) is 0 Å². The second kappa shape index (κ2) is 4.97. The van der Waals surface area contributed by atoms with Crippen LogP contribution in [0.5, 0.6) is 0 Å². The summed E-state index contributed by atoms with van der Waals surface area (Å²) in [5.74, 6) is -0.612. The van der Waals surface area contributed by atoms with E-state index in [-0.39, 0.29) is 5.69 Å². The molecule has 2 aromatic heterocycles. The van der Waals surface area contributed by atoms with Crippen molar-refractivity contribution < 1.29 is 9.90 Å². The average Bonchev–Trinajstić information content (AvgIpc) is 2.38. The fourth-order valence-electron chi connectivity index (χ4n) is 1.14. The first-order valence-corrected chi connectivity index (χ1v) is 4.81. The number of nitrogens with one attached hydrogen (secondary N) is 1. The highest BCUT2D eigenvalue weighted by Crippen LogP contribution is 2.03. The third kappa shape index (κ3) is 2.94. The molecule has 0 fully saturated rings. The number of hydrogen-bond donors (Lipinski definition) is 2. The number of nitrogens with zero attached hydrogens (tertiary/aromatic N) is 4. The number of anilines is 1. The highest BCUT2D eigenvalue weighted by atomic mass is 16.4. The molecule has 0 saturated heterocycles. The summed E-state index contributed by atoms with van der Waals surface area (Å²) >= 11 is 0. The molecular formula is C10H9N5O2. The summed E-state index contributed by atoms with van der Waals surface area (Å²) in [6, 6.07) is 3.60. The van der Waals surface area contributed by atoms with Crippen LogP contribution in [0.2, 0.25) is 0 Å². The molecule has 0 spiro atoms. The van der Waals surface area contributed by atoms with E-state index >= 15 is 0 Å². The molecule has 0 unspecified atom stereocenters. The van der Waals surface area contributed by atoms with Crippen molar-refractivity contribution in [1.29, 1.82) is 0 Å². The quantitative estimate of drug-likeness (QED) is 0.793. The summed E-state index contributed by atoms with van der Waals surface area (Å²) in [7, 11) is 0. The van der Waals surface area contributed by atoms with E-state index in [2.05, 4.69) is 25.5 Å². The molecule has 0 bridgehead atoms. The number of hydrogen-bond acceptors (Lipinski definition) is 6. The highest BCUT2D eigenvalue weighted by Gasteiger charge is 2.04. The van der Waals surface area contributed by atoms with E-state index < -0.39 is 5.97 Å². The fraction of sp³-hybridized carbons (Fsp3) is 0.100. The smallest absolute Gasteiger partial charge is 0.356 e. The van der Waals surface area contributed by atoms with Crippen molar-refractivity contribution >= 4 is 11.8 Å². The molecule has 0 radical (unpaired) electrons. The Morgan fingerprint density at radius 3 is 2.82 bits per heavy atom. The maximum absolute atomic E-state index is 10.6. The molecule has 2 rings (SSSR count). The average molecular weight is 231 g/mol. The van der Waals surface area contributed by atoms with E-state index in [1.807, 2.05) is 6.07 Å². The van der Waals surface area contributed by atoms with E-state index in [1.54, 1.807) is 12.3 Å². The molecule has 2 aromatic rings. The van der Waals surface area contributed by atoms with Gasteiger partial charge in [0, 0.05) is 6.20 Å². The predicted molar refractivity (Wildman–Crippen MR) is 58.4 cm³/mol. The van der Waals surface area contributed by atoms with Crippen LogP contribution in [0.25, 0.3) is 0 Å². The first kappa shape index (κ1) is 10.9. The van der Waals surface area contributed by atoms with Gasteiger partial charge in [0.05, 0.1) is 24.6 Å². The molecule has 0 amide bonds. The van der Waals surface area contributed by atoms with E-state index in [4.69, 9.17) is 5.11 Å². The van der Waals surface area contributed by atoms with Crippen LogP contribution in [0.3, 0.4) is 0 Å². The second-order valence-corrected chi connectivity index (χ2v) is 3.16. The van der Waals surface area contributed by atoms with Gasteiger partial charge in [0.1, 0.15) is 5.82 Å². The molecule has 2 heterocycles. The molecule has 0 aliphatic rings. The van der Waals surface area contributed by atoms with Gasteiger partial charge in [-0.3, -0.25) is 0 Å². The SMILES string of the molecule is O=C(O)c1cnc(NCc2cccnn2)cn1. The molecule has 86 valence electrons. The number of carbonyl (C=O) groups is 1. The number of rotatable bonds is 4. The minimum Gasteiger partial charge on any atom is -0.476 e. The van der Waals surface area contributed by atoms with E-state index in [0.29, 0.717) is 12.4 Å². The van der Waals surface area contributed by atoms with Crippen molar-refractivity contribution in [3.8, 4) is 0 Å². The molecule has 2 N–H and O–H groups in total. The van der Waals surface area contributed by atoms with Crippen LogP contribution in [-0.4, -0.2) is 31.2 Å². The summed E-state index contributed by atoms with van der Waals surface area (Å²) < 4.78 is 0. The van der Waals surface area contributed by atoms with Crippen molar-refractivity contribution in [2.75, 3.05) is 5.32 Å². The van der Waals surface area contributed by atoms with Crippen LogP contribution >= 0.6 is 0 Å². The normalized spacial score (nSPS) is 9.88. The number of aromatic nitrogens is 4. The molecule has 0 aliphatic carbocycles. The van der Waals surface area contributed by atoms with Gasteiger partial charge >= 0.3 is 5.97 Å². The van der Waals surface area contributed by atoms with E-state index in [0.717, 1.165) is 5.69 Å². The van der Waals surface area contributed by atoms with Gasteiger partial charge in [-0.15, -0.1) is 0 Å². The van der Waals surface area contributed by atoms with Gasteiger partial charge in [-0.25, -0.2) is 14.8 Å². The fourth-order valence-corrected chi connectivity index (χ4v) is 1.14. The first-order valence-electron chi connectivity index (χ1n) is 4.81. The van der Waals surface area contributed by atoms with E-state index in [9.17, 15) is 4.79 Å². The Morgan fingerprint density at radius 1 is 1.35 bits per heavy atom. The van der Waals surface area contributed by atoms with Gasteiger partial charge in [-0.1, -0.05) is 0 Å². The summed E-state index contributed by atoms with van der Waals surface area (Å²) in [4.78, 5) is 18.2. The van der Waals surface area contributed by atoms with Crippen LogP contribution in [0.1, 0.15) is 16.2 Å². The molecule has 0 atom stereocenters. The Balaban J connectivity index is 1.98. The third-order valence-electron chi connectivity index (χ3n) is 1.95. The van der Waals surface area contributed by atoms with Crippen molar-refractivity contribution in [2.45, 2.75) is 6.54 Å². The van der Waals surface area contributed by atoms with Crippen molar-refractivity contribution in [3.05, 3.63) is 42.1 Å². The molecular weight excluding hydrogens is 222 g/mol. The number of carboxylic acids is 1.